The minimum absolute atomic E-state index is 0.299. The summed E-state index contributed by atoms with van der Waals surface area (Å²) in [5, 5.41) is 1.20. The summed E-state index contributed by atoms with van der Waals surface area (Å²) in [6.07, 6.45) is 1.67. The van der Waals surface area contributed by atoms with Gasteiger partial charge >= 0.3 is 0 Å². The van der Waals surface area contributed by atoms with Gasteiger partial charge in [-0.25, -0.2) is 9.97 Å². The highest BCUT2D eigenvalue weighted by molar-refractivity contribution is 7.98. The first-order chi connectivity index (χ1) is 7.34. The first-order valence-electron chi connectivity index (χ1n) is 4.50. The molecule has 0 amide bonds. The van der Waals surface area contributed by atoms with E-state index in [1.165, 1.54) is 5.56 Å². The van der Waals surface area contributed by atoms with Crippen LogP contribution in [0.25, 0.3) is 0 Å². The maximum atomic E-state index is 5.69. The predicted molar refractivity (Wildman–Crippen MR) is 63.0 cm³/mol. The van der Waals surface area contributed by atoms with E-state index in [2.05, 4.69) is 22.1 Å². The summed E-state index contributed by atoms with van der Waals surface area (Å²) in [7, 11) is 0. The van der Waals surface area contributed by atoms with Crippen molar-refractivity contribution >= 4 is 23.4 Å². The minimum atomic E-state index is 0.299. The van der Waals surface area contributed by atoms with E-state index in [0.717, 1.165) is 10.8 Å². The number of benzene rings is 1. The summed E-state index contributed by atoms with van der Waals surface area (Å²) in [6.45, 7) is 0. The molecule has 0 aliphatic rings. The van der Waals surface area contributed by atoms with Crippen molar-refractivity contribution < 1.29 is 0 Å². The average molecular weight is 237 g/mol. The Morgan fingerprint density at radius 2 is 1.93 bits per heavy atom. The molecule has 1 heterocycles. The van der Waals surface area contributed by atoms with Gasteiger partial charge in [0, 0.05) is 11.9 Å². The number of nitrogens with zero attached hydrogens (tertiary/aromatic N) is 2. The molecule has 2 rings (SSSR count). The second-order valence-corrected chi connectivity index (χ2v) is 4.27. The van der Waals surface area contributed by atoms with E-state index in [1.54, 1.807) is 18.0 Å². The molecule has 0 atom stereocenters. The van der Waals surface area contributed by atoms with E-state index in [-0.39, 0.29) is 0 Å². The zero-order chi connectivity index (χ0) is 10.5. The average Bonchev–Trinajstić information content (AvgIpc) is 2.28. The molecule has 0 unspecified atom stereocenters. The maximum Gasteiger partial charge on any atom is 0.223 e. The fourth-order valence-corrected chi connectivity index (χ4v) is 2.14. The van der Waals surface area contributed by atoms with Gasteiger partial charge in [-0.05, 0) is 23.2 Å². The molecule has 0 aliphatic carbocycles. The molecule has 76 valence electrons. The lowest BCUT2D eigenvalue weighted by molar-refractivity contribution is 1.05. The van der Waals surface area contributed by atoms with Crippen molar-refractivity contribution in [2.24, 2.45) is 0 Å². The molecule has 0 aliphatic heterocycles. The van der Waals surface area contributed by atoms with Gasteiger partial charge in [-0.15, -0.1) is 11.8 Å². The third-order valence-corrected chi connectivity index (χ3v) is 3.01. The molecule has 2 nitrogen and oxygen atoms in total. The van der Waals surface area contributed by atoms with Crippen LogP contribution in [0, 0.1) is 0 Å². The number of halogens is 1. The van der Waals surface area contributed by atoms with E-state index in [4.69, 9.17) is 11.6 Å². The summed E-state index contributed by atoms with van der Waals surface area (Å²) in [5.41, 5.74) is 1.28. The molecule has 0 saturated heterocycles. The fraction of sp³-hybridized carbons (Fsp3) is 0.0909. The quantitative estimate of drug-likeness (QED) is 0.464. The second-order valence-electron chi connectivity index (χ2n) is 2.94. The third kappa shape index (κ3) is 3.22. The van der Waals surface area contributed by atoms with Gasteiger partial charge in [-0.3, -0.25) is 0 Å². The van der Waals surface area contributed by atoms with Gasteiger partial charge in [-0.2, -0.15) is 0 Å². The lowest BCUT2D eigenvalue weighted by Crippen LogP contribution is -1.85. The summed E-state index contributed by atoms with van der Waals surface area (Å²) in [4.78, 5) is 7.94. The van der Waals surface area contributed by atoms with Crippen LogP contribution in [0.3, 0.4) is 0 Å². The second kappa shape index (κ2) is 5.14. The van der Waals surface area contributed by atoms with Crippen LogP contribution < -0.4 is 0 Å². The van der Waals surface area contributed by atoms with Crippen molar-refractivity contribution in [3.8, 4) is 0 Å². The molecule has 2 aromatic rings. The number of thioether (sulfide) groups is 1. The Balaban J connectivity index is 1.99. The van der Waals surface area contributed by atoms with Crippen molar-refractivity contribution in [1.29, 1.82) is 0 Å². The summed E-state index contributed by atoms with van der Waals surface area (Å²) >= 11 is 7.34. The first-order valence-corrected chi connectivity index (χ1v) is 5.86. The van der Waals surface area contributed by atoms with Gasteiger partial charge in [0.15, 0.2) is 0 Å². The third-order valence-electron chi connectivity index (χ3n) is 1.83. The van der Waals surface area contributed by atoms with Crippen molar-refractivity contribution in [3.63, 3.8) is 0 Å². The molecule has 1 aromatic carbocycles. The Morgan fingerprint density at radius 1 is 1.13 bits per heavy atom. The van der Waals surface area contributed by atoms with Crippen LogP contribution in [-0.2, 0) is 5.75 Å². The Labute approximate surface area is 97.7 Å². The van der Waals surface area contributed by atoms with E-state index < -0.39 is 0 Å². The van der Waals surface area contributed by atoms with E-state index in [9.17, 15) is 0 Å². The largest absolute Gasteiger partial charge is 0.226 e. The molecule has 0 N–H and O–H groups in total. The highest BCUT2D eigenvalue weighted by Crippen LogP contribution is 2.20. The molecule has 15 heavy (non-hydrogen) atoms. The van der Waals surface area contributed by atoms with Crippen molar-refractivity contribution in [1.82, 2.24) is 9.97 Å². The zero-order valence-corrected chi connectivity index (χ0v) is 9.50. The zero-order valence-electron chi connectivity index (χ0n) is 7.93. The van der Waals surface area contributed by atoms with E-state index >= 15 is 0 Å². The van der Waals surface area contributed by atoms with Crippen LogP contribution in [0.5, 0.6) is 0 Å². The van der Waals surface area contributed by atoms with Crippen LogP contribution in [0.15, 0.2) is 47.6 Å². The van der Waals surface area contributed by atoms with Crippen molar-refractivity contribution in [3.05, 3.63) is 53.4 Å². The molecular weight excluding hydrogens is 228 g/mol. The molecule has 0 saturated carbocycles. The van der Waals surface area contributed by atoms with Crippen molar-refractivity contribution in [2.45, 2.75) is 10.8 Å². The highest BCUT2D eigenvalue weighted by Gasteiger charge is 1.98. The molecule has 0 spiro atoms. The molecular formula is C11H9ClN2S. The van der Waals surface area contributed by atoms with Crippen molar-refractivity contribution in [2.75, 3.05) is 0 Å². The number of hydrogen-bond donors (Lipinski definition) is 0. The summed E-state index contributed by atoms with van der Waals surface area (Å²) in [6, 6.07) is 12.1. The molecule has 1 aromatic heterocycles. The fourth-order valence-electron chi connectivity index (χ4n) is 1.13. The van der Waals surface area contributed by atoms with Gasteiger partial charge in [0.1, 0.15) is 5.03 Å². The van der Waals surface area contributed by atoms with Gasteiger partial charge in [0.2, 0.25) is 5.28 Å². The van der Waals surface area contributed by atoms with Crippen LogP contribution >= 0.6 is 23.4 Å². The lowest BCUT2D eigenvalue weighted by atomic mass is 10.2. The summed E-state index contributed by atoms with van der Waals surface area (Å²) < 4.78 is 0. The Bertz CT molecular complexity index is 434. The van der Waals surface area contributed by atoms with Crippen LogP contribution in [0.4, 0.5) is 0 Å². The maximum absolute atomic E-state index is 5.69. The molecule has 0 fully saturated rings. The highest BCUT2D eigenvalue weighted by atomic mass is 35.5. The Hall–Kier alpha value is -1.06. The molecule has 0 radical (unpaired) electrons. The van der Waals surface area contributed by atoms with Crippen LogP contribution in [0.2, 0.25) is 5.28 Å². The van der Waals surface area contributed by atoms with E-state index in [0.29, 0.717) is 5.28 Å². The topological polar surface area (TPSA) is 25.8 Å². The van der Waals surface area contributed by atoms with Crippen LogP contribution in [-0.4, -0.2) is 9.97 Å². The number of aromatic nitrogens is 2. The number of rotatable bonds is 3. The smallest absolute Gasteiger partial charge is 0.223 e. The Kier molecular flexibility index (Phi) is 3.59. The van der Waals surface area contributed by atoms with Gasteiger partial charge in [0.25, 0.3) is 0 Å². The minimum Gasteiger partial charge on any atom is -0.226 e. The molecule has 0 bridgehead atoms. The number of hydrogen-bond acceptors (Lipinski definition) is 3. The molecule has 4 heteroatoms. The normalized spacial score (nSPS) is 10.2. The van der Waals surface area contributed by atoms with E-state index in [1.807, 2.05) is 24.3 Å². The Morgan fingerprint density at radius 3 is 2.67 bits per heavy atom. The van der Waals surface area contributed by atoms with Gasteiger partial charge in [0.05, 0.1) is 0 Å². The van der Waals surface area contributed by atoms with Gasteiger partial charge < -0.3 is 0 Å². The standard InChI is InChI=1S/C11H9ClN2S/c12-11-13-7-6-10(14-11)15-8-9-4-2-1-3-5-9/h1-7H,8H2. The van der Waals surface area contributed by atoms with Crippen LogP contribution in [0.1, 0.15) is 5.56 Å². The van der Waals surface area contributed by atoms with Gasteiger partial charge in [-0.1, -0.05) is 30.3 Å². The predicted octanol–water partition coefficient (Wildman–Crippen LogP) is 3.42. The SMILES string of the molecule is Clc1nccc(SCc2ccccc2)n1. The lowest BCUT2D eigenvalue weighted by Gasteiger charge is -2.00. The first kappa shape index (κ1) is 10.5. The monoisotopic (exact) mass is 236 g/mol. The summed E-state index contributed by atoms with van der Waals surface area (Å²) in [5.74, 6) is 0.897.